The van der Waals surface area contributed by atoms with Crippen LogP contribution in [-0.2, 0) is 9.59 Å². The number of amides is 1. The molecule has 1 amide bonds. The smallest absolute Gasteiger partial charge is 0.295 e. The molecule has 0 unspecified atom stereocenters. The lowest BCUT2D eigenvalue weighted by atomic mass is 9.99. The van der Waals surface area contributed by atoms with Gasteiger partial charge in [-0.25, -0.2) is 0 Å². The molecule has 28 heavy (non-hydrogen) atoms. The largest absolute Gasteiger partial charge is 0.507 e. The van der Waals surface area contributed by atoms with Crippen LogP contribution < -0.4 is 4.90 Å². The molecule has 148 valence electrons. The zero-order valence-corrected chi connectivity index (χ0v) is 16.4. The van der Waals surface area contributed by atoms with E-state index in [0.29, 0.717) is 17.9 Å². The average molecular weight is 383 g/mol. The van der Waals surface area contributed by atoms with E-state index in [9.17, 15) is 14.7 Å². The topological polar surface area (TPSA) is 75.2 Å². The van der Waals surface area contributed by atoms with Crippen LogP contribution in [0.25, 0.3) is 5.76 Å². The number of carbonyl (C=O) groups is 2. The molecule has 1 atom stereocenters. The highest BCUT2D eigenvalue weighted by Crippen LogP contribution is 2.39. The number of aliphatic hydroxyl groups excluding tert-OH is 1. The monoisotopic (exact) mass is 383 g/mol. The van der Waals surface area contributed by atoms with Crippen LogP contribution in [0.2, 0.25) is 0 Å². The quantitative estimate of drug-likeness (QED) is 0.415. The molecule has 2 aromatic rings. The number of carbonyl (C=O) groups excluding carboxylic acids is 2. The second kappa shape index (κ2) is 8.89. The molecule has 0 saturated carbocycles. The number of hydrogen-bond acceptors (Lipinski definition) is 4. The summed E-state index contributed by atoms with van der Waals surface area (Å²) < 4.78 is 5.53. The molecule has 3 rings (SSSR count). The molecule has 1 aromatic heterocycles. The van der Waals surface area contributed by atoms with Gasteiger partial charge in [0, 0.05) is 18.5 Å². The van der Waals surface area contributed by atoms with E-state index >= 15 is 0 Å². The predicted octanol–water partition coefficient (Wildman–Crippen LogP) is 2.02. The molecule has 0 bridgehead atoms. The third-order valence-electron chi connectivity index (χ3n) is 5.33. The van der Waals surface area contributed by atoms with Crippen molar-refractivity contribution in [3.8, 4) is 0 Å². The van der Waals surface area contributed by atoms with E-state index < -0.39 is 17.7 Å². The maximum atomic E-state index is 12.8. The van der Waals surface area contributed by atoms with Crippen LogP contribution in [0.1, 0.15) is 37.6 Å². The molecule has 1 aromatic carbocycles. The van der Waals surface area contributed by atoms with E-state index in [1.165, 1.54) is 16.1 Å². The minimum absolute atomic E-state index is 0.0846. The lowest BCUT2D eigenvalue weighted by Gasteiger charge is -2.24. The van der Waals surface area contributed by atoms with Crippen molar-refractivity contribution < 1.29 is 24.0 Å². The van der Waals surface area contributed by atoms with Gasteiger partial charge < -0.3 is 19.3 Å². The van der Waals surface area contributed by atoms with Gasteiger partial charge in [0.05, 0.1) is 31.5 Å². The summed E-state index contributed by atoms with van der Waals surface area (Å²) in [6.45, 7) is 7.65. The Morgan fingerprint density at radius 2 is 1.82 bits per heavy atom. The van der Waals surface area contributed by atoms with Crippen molar-refractivity contribution in [1.82, 2.24) is 4.90 Å². The van der Waals surface area contributed by atoms with Gasteiger partial charge in [-0.2, -0.15) is 0 Å². The minimum Gasteiger partial charge on any atom is -0.507 e. The summed E-state index contributed by atoms with van der Waals surface area (Å²) in [6, 6.07) is 11.6. The van der Waals surface area contributed by atoms with E-state index in [1.54, 1.807) is 36.4 Å². The Morgan fingerprint density at radius 1 is 1.11 bits per heavy atom. The van der Waals surface area contributed by atoms with Gasteiger partial charge in [-0.1, -0.05) is 30.3 Å². The number of likely N-dealkylation sites (tertiary alicyclic amines) is 1. The molecule has 0 spiro atoms. The van der Waals surface area contributed by atoms with Crippen LogP contribution in [0.15, 0.2) is 58.7 Å². The number of rotatable bonds is 8. The molecule has 0 radical (unpaired) electrons. The number of nitrogens with one attached hydrogen (secondary N) is 1. The van der Waals surface area contributed by atoms with Gasteiger partial charge in [0.2, 0.25) is 0 Å². The molecule has 2 heterocycles. The normalized spacial score (nSPS) is 19.0. The van der Waals surface area contributed by atoms with Crippen LogP contribution >= 0.6 is 0 Å². The number of hydrogen-bond donors (Lipinski definition) is 2. The van der Waals surface area contributed by atoms with Crippen LogP contribution in [0.4, 0.5) is 0 Å². The first-order valence-corrected chi connectivity index (χ1v) is 9.79. The molecule has 1 aliphatic heterocycles. The van der Waals surface area contributed by atoms with E-state index in [-0.39, 0.29) is 11.3 Å². The lowest BCUT2D eigenvalue weighted by Crippen LogP contribution is -3.11. The van der Waals surface area contributed by atoms with Gasteiger partial charge in [-0.15, -0.1) is 0 Å². The fraction of sp³-hybridized carbons (Fsp3) is 0.364. The van der Waals surface area contributed by atoms with E-state index in [1.807, 2.05) is 6.07 Å². The van der Waals surface area contributed by atoms with Gasteiger partial charge in [-0.05, 0) is 26.0 Å². The Hall–Kier alpha value is -2.86. The molecule has 6 nitrogen and oxygen atoms in total. The first kappa shape index (κ1) is 19.9. The minimum atomic E-state index is -0.707. The second-order valence-electron chi connectivity index (χ2n) is 6.93. The van der Waals surface area contributed by atoms with Crippen molar-refractivity contribution in [3.63, 3.8) is 0 Å². The van der Waals surface area contributed by atoms with Crippen molar-refractivity contribution in [2.45, 2.75) is 26.3 Å². The van der Waals surface area contributed by atoms with Crippen molar-refractivity contribution >= 4 is 17.4 Å². The number of furan rings is 1. The highest BCUT2D eigenvalue weighted by atomic mass is 16.3. The summed E-state index contributed by atoms with van der Waals surface area (Å²) in [6.07, 6.45) is 2.28. The standard InChI is InChI=1S/C22H26N2O4/c1-3-23(4-2)13-9-14-24-19(17-12-8-15-28-17)18(21(26)22(24)27)20(25)16-10-6-5-7-11-16/h5-8,10-12,15,19,25H,3-4,9,13-14H2,1-2H3/p+1/t19-/m1/s1. The summed E-state index contributed by atoms with van der Waals surface area (Å²) in [5, 5.41) is 10.8. The first-order valence-electron chi connectivity index (χ1n) is 9.79. The predicted molar refractivity (Wildman–Crippen MR) is 106 cm³/mol. The Labute approximate surface area is 165 Å². The van der Waals surface area contributed by atoms with Crippen LogP contribution in [-0.4, -0.2) is 47.9 Å². The van der Waals surface area contributed by atoms with Crippen molar-refractivity contribution in [2.24, 2.45) is 0 Å². The number of quaternary nitrogens is 1. The number of benzene rings is 1. The molecular formula is C22H27N2O4+. The van der Waals surface area contributed by atoms with Gasteiger partial charge in [-0.3, -0.25) is 9.59 Å². The Balaban J connectivity index is 1.94. The SMILES string of the molecule is CC[NH+](CC)CCCN1C(=O)C(=O)C(=C(O)c2ccccc2)[C@H]1c1ccco1. The third kappa shape index (κ3) is 3.87. The molecule has 2 N–H and O–H groups in total. The molecule has 0 aliphatic carbocycles. The second-order valence-corrected chi connectivity index (χ2v) is 6.93. The van der Waals surface area contributed by atoms with Gasteiger partial charge >= 0.3 is 0 Å². The number of aliphatic hydroxyl groups is 1. The van der Waals surface area contributed by atoms with Crippen molar-refractivity contribution in [3.05, 3.63) is 65.6 Å². The summed E-state index contributed by atoms with van der Waals surface area (Å²) in [5.74, 6) is -0.949. The van der Waals surface area contributed by atoms with E-state index in [4.69, 9.17) is 4.42 Å². The highest BCUT2D eigenvalue weighted by Gasteiger charge is 2.47. The number of nitrogens with zero attached hydrogens (tertiary/aromatic N) is 1. The van der Waals surface area contributed by atoms with Crippen molar-refractivity contribution in [1.29, 1.82) is 0 Å². The number of ketones is 1. The molecule has 6 heteroatoms. The van der Waals surface area contributed by atoms with Gasteiger partial charge in [0.15, 0.2) is 0 Å². The molecular weight excluding hydrogens is 356 g/mol. The summed E-state index contributed by atoms with van der Waals surface area (Å²) in [7, 11) is 0. The molecule has 1 fully saturated rings. The Kier molecular flexibility index (Phi) is 6.31. The Morgan fingerprint density at radius 3 is 2.43 bits per heavy atom. The zero-order chi connectivity index (χ0) is 20.1. The van der Waals surface area contributed by atoms with Crippen LogP contribution in [0.3, 0.4) is 0 Å². The average Bonchev–Trinajstić information content (AvgIpc) is 3.33. The van der Waals surface area contributed by atoms with Crippen LogP contribution in [0.5, 0.6) is 0 Å². The Bertz CT molecular complexity index is 839. The maximum Gasteiger partial charge on any atom is 0.295 e. The zero-order valence-electron chi connectivity index (χ0n) is 16.4. The maximum absolute atomic E-state index is 12.8. The van der Waals surface area contributed by atoms with Crippen LogP contribution in [0, 0.1) is 0 Å². The number of Topliss-reactive ketones (excluding diaryl/α,β-unsaturated/α-hetero) is 1. The van der Waals surface area contributed by atoms with Crippen molar-refractivity contribution in [2.75, 3.05) is 26.2 Å². The first-order chi connectivity index (χ1) is 13.6. The van der Waals surface area contributed by atoms with E-state index in [2.05, 4.69) is 13.8 Å². The fourth-order valence-electron chi connectivity index (χ4n) is 3.71. The molecule has 1 aliphatic rings. The lowest BCUT2D eigenvalue weighted by molar-refractivity contribution is -0.896. The fourth-order valence-corrected chi connectivity index (χ4v) is 3.71. The summed E-state index contributed by atoms with van der Waals surface area (Å²) >= 11 is 0. The van der Waals surface area contributed by atoms with Gasteiger partial charge in [0.1, 0.15) is 17.6 Å². The van der Waals surface area contributed by atoms with Gasteiger partial charge in [0.25, 0.3) is 11.7 Å². The van der Waals surface area contributed by atoms with E-state index in [0.717, 1.165) is 26.1 Å². The summed E-state index contributed by atoms with van der Waals surface area (Å²) in [5.41, 5.74) is 0.589. The molecule has 1 saturated heterocycles. The third-order valence-corrected chi connectivity index (χ3v) is 5.33. The summed E-state index contributed by atoms with van der Waals surface area (Å²) in [4.78, 5) is 28.5. The highest BCUT2D eigenvalue weighted by molar-refractivity contribution is 6.46.